The Morgan fingerprint density at radius 1 is 1.08 bits per heavy atom. The zero-order chi connectivity index (χ0) is 17.0. The van der Waals surface area contributed by atoms with E-state index in [1.807, 2.05) is 20.8 Å². The molecule has 0 N–H and O–H groups in total. The summed E-state index contributed by atoms with van der Waals surface area (Å²) in [6.07, 6.45) is 7.34. The summed E-state index contributed by atoms with van der Waals surface area (Å²) in [6, 6.07) is 0. The highest BCUT2D eigenvalue weighted by Crippen LogP contribution is 2.69. The van der Waals surface area contributed by atoms with Crippen molar-refractivity contribution in [2.45, 2.75) is 95.0 Å². The Bertz CT molecular complexity index is 652. The van der Waals surface area contributed by atoms with Crippen molar-refractivity contribution in [3.8, 4) is 0 Å². The molecule has 0 radical (unpaired) electrons. The van der Waals surface area contributed by atoms with Gasteiger partial charge in [-0.2, -0.15) is 0 Å². The lowest BCUT2D eigenvalue weighted by atomic mass is 9.66. The fourth-order valence-corrected chi connectivity index (χ4v) is 6.25. The first kappa shape index (κ1) is 15.2. The largest absolute Gasteiger partial charge is 0.456 e. The van der Waals surface area contributed by atoms with Crippen molar-refractivity contribution in [2.24, 2.45) is 10.8 Å². The number of ether oxygens (including phenoxy) is 3. The molecule has 5 nitrogen and oxygen atoms in total. The second-order valence-corrected chi connectivity index (χ2v) is 9.30. The molecule has 2 saturated heterocycles. The van der Waals surface area contributed by atoms with Crippen LogP contribution in [-0.4, -0.2) is 34.8 Å². The average Bonchev–Trinajstić information content (AvgIpc) is 3.02. The lowest BCUT2D eigenvalue weighted by Gasteiger charge is -2.36. The topological polar surface area (TPSA) is 65.1 Å². The van der Waals surface area contributed by atoms with Gasteiger partial charge in [-0.1, -0.05) is 26.7 Å². The SMILES string of the molecule is CC12CCC(C(=O)O[C@@H]3CC[C@]45CCCC[C@]34O5)(OC1=O)C2(C)C. The molecule has 0 amide bonds. The summed E-state index contributed by atoms with van der Waals surface area (Å²) in [6.45, 7) is 5.86. The van der Waals surface area contributed by atoms with Crippen molar-refractivity contribution in [3.05, 3.63) is 0 Å². The van der Waals surface area contributed by atoms with Gasteiger partial charge in [0.15, 0.2) is 0 Å². The Balaban J connectivity index is 1.42. The molecule has 5 atom stereocenters. The molecule has 2 heterocycles. The van der Waals surface area contributed by atoms with E-state index in [1.165, 1.54) is 6.42 Å². The van der Waals surface area contributed by atoms with Crippen LogP contribution in [0.2, 0.25) is 0 Å². The number of fused-ring (bicyclic) bond motifs is 2. The van der Waals surface area contributed by atoms with E-state index in [0.29, 0.717) is 12.8 Å². The van der Waals surface area contributed by atoms with Crippen LogP contribution in [0.3, 0.4) is 0 Å². The Morgan fingerprint density at radius 3 is 2.50 bits per heavy atom. The van der Waals surface area contributed by atoms with E-state index in [-0.39, 0.29) is 29.2 Å². The first-order chi connectivity index (χ1) is 11.2. The molecule has 3 aliphatic carbocycles. The Morgan fingerprint density at radius 2 is 1.83 bits per heavy atom. The lowest BCUT2D eigenvalue weighted by Crippen LogP contribution is -2.51. The molecule has 0 aromatic rings. The zero-order valence-electron chi connectivity index (χ0n) is 14.8. The van der Waals surface area contributed by atoms with Crippen LogP contribution in [-0.2, 0) is 23.8 Å². The van der Waals surface area contributed by atoms with Gasteiger partial charge in [0, 0.05) is 5.41 Å². The first-order valence-corrected chi connectivity index (χ1v) is 9.38. The molecule has 0 aromatic carbocycles. The molecule has 24 heavy (non-hydrogen) atoms. The van der Waals surface area contributed by atoms with Crippen LogP contribution in [0.4, 0.5) is 0 Å². The van der Waals surface area contributed by atoms with Gasteiger partial charge in [-0.05, 0) is 45.4 Å². The fraction of sp³-hybridized carbons (Fsp3) is 0.895. The third-order valence-electron chi connectivity index (χ3n) is 8.48. The quantitative estimate of drug-likeness (QED) is 0.574. The summed E-state index contributed by atoms with van der Waals surface area (Å²) in [5.41, 5.74) is -2.53. The molecular weight excluding hydrogens is 308 g/mol. The standard InChI is InChI=1S/C19H26O5/c1-15(2)16(3)10-11-19(15,23-13(16)20)14(21)22-12-6-9-17-7-4-5-8-18(12,17)24-17/h12H,4-11H2,1-3H3/t12-,16?,17-,18+,19?/m1/s1. The van der Waals surface area contributed by atoms with E-state index in [9.17, 15) is 9.59 Å². The minimum absolute atomic E-state index is 0.0279. The van der Waals surface area contributed by atoms with Crippen LogP contribution in [0.25, 0.3) is 0 Å². The molecule has 5 heteroatoms. The first-order valence-electron chi connectivity index (χ1n) is 9.38. The molecule has 132 valence electrons. The van der Waals surface area contributed by atoms with E-state index < -0.39 is 16.4 Å². The predicted molar refractivity (Wildman–Crippen MR) is 84.1 cm³/mol. The van der Waals surface area contributed by atoms with Gasteiger partial charge in [0.25, 0.3) is 0 Å². The third-order valence-corrected chi connectivity index (χ3v) is 8.48. The second-order valence-electron chi connectivity index (χ2n) is 9.30. The Kier molecular flexibility index (Phi) is 2.53. The van der Waals surface area contributed by atoms with Crippen molar-refractivity contribution in [1.82, 2.24) is 0 Å². The van der Waals surface area contributed by atoms with E-state index in [1.54, 1.807) is 0 Å². The minimum Gasteiger partial charge on any atom is -0.456 e. The fourth-order valence-electron chi connectivity index (χ4n) is 6.25. The van der Waals surface area contributed by atoms with Gasteiger partial charge in [0.2, 0.25) is 5.60 Å². The smallest absolute Gasteiger partial charge is 0.351 e. The van der Waals surface area contributed by atoms with E-state index in [4.69, 9.17) is 14.2 Å². The summed E-state index contributed by atoms with van der Waals surface area (Å²) in [5.74, 6) is -0.603. The maximum Gasteiger partial charge on any atom is 0.351 e. The van der Waals surface area contributed by atoms with E-state index >= 15 is 0 Å². The molecular formula is C19H26O5. The van der Waals surface area contributed by atoms with Crippen LogP contribution in [0, 0.1) is 10.8 Å². The molecule has 5 aliphatic rings. The van der Waals surface area contributed by atoms with Gasteiger partial charge in [0.1, 0.15) is 17.3 Å². The predicted octanol–water partition coefficient (Wildman–Crippen LogP) is 2.90. The highest BCUT2D eigenvalue weighted by molar-refractivity contribution is 5.93. The van der Waals surface area contributed by atoms with Crippen molar-refractivity contribution < 1.29 is 23.8 Å². The van der Waals surface area contributed by atoms with Gasteiger partial charge < -0.3 is 14.2 Å². The summed E-state index contributed by atoms with van der Waals surface area (Å²) in [7, 11) is 0. The molecule has 2 unspecified atom stereocenters. The number of carbonyl (C=O) groups is 2. The summed E-state index contributed by atoms with van der Waals surface area (Å²) in [4.78, 5) is 25.5. The maximum absolute atomic E-state index is 13.2. The molecule has 5 rings (SSSR count). The van der Waals surface area contributed by atoms with Crippen LogP contribution in [0.5, 0.6) is 0 Å². The van der Waals surface area contributed by atoms with Crippen LogP contribution < -0.4 is 0 Å². The maximum atomic E-state index is 13.2. The van der Waals surface area contributed by atoms with Gasteiger partial charge in [-0.25, -0.2) is 4.79 Å². The van der Waals surface area contributed by atoms with Crippen molar-refractivity contribution in [1.29, 1.82) is 0 Å². The molecule has 2 aliphatic heterocycles. The third kappa shape index (κ3) is 1.33. The lowest BCUT2D eigenvalue weighted by molar-refractivity contribution is -0.189. The van der Waals surface area contributed by atoms with Gasteiger partial charge in [-0.15, -0.1) is 0 Å². The van der Waals surface area contributed by atoms with Crippen LogP contribution in [0.1, 0.15) is 72.1 Å². The van der Waals surface area contributed by atoms with Gasteiger partial charge in [-0.3, -0.25) is 4.79 Å². The molecule has 0 spiro atoms. The number of esters is 2. The zero-order valence-corrected chi connectivity index (χ0v) is 14.8. The van der Waals surface area contributed by atoms with Crippen molar-refractivity contribution in [2.75, 3.05) is 0 Å². The van der Waals surface area contributed by atoms with E-state index in [0.717, 1.165) is 32.1 Å². The molecule has 5 fully saturated rings. The van der Waals surface area contributed by atoms with Gasteiger partial charge >= 0.3 is 11.9 Å². The summed E-state index contributed by atoms with van der Waals surface area (Å²) in [5, 5.41) is 0. The number of epoxide rings is 1. The highest BCUT2D eigenvalue weighted by Gasteiger charge is 2.80. The van der Waals surface area contributed by atoms with Gasteiger partial charge in [0.05, 0.1) is 5.41 Å². The number of hydrogen-bond acceptors (Lipinski definition) is 5. The normalized spacial score (nSPS) is 53.3. The van der Waals surface area contributed by atoms with E-state index in [2.05, 4.69) is 0 Å². The van der Waals surface area contributed by atoms with Crippen LogP contribution in [0.15, 0.2) is 0 Å². The Labute approximate surface area is 142 Å². The monoisotopic (exact) mass is 334 g/mol. The van der Waals surface area contributed by atoms with Crippen molar-refractivity contribution in [3.63, 3.8) is 0 Å². The summed E-state index contributed by atoms with van der Waals surface area (Å²) >= 11 is 0. The molecule has 3 saturated carbocycles. The second kappa shape index (κ2) is 4.00. The summed E-state index contributed by atoms with van der Waals surface area (Å²) < 4.78 is 17.8. The minimum atomic E-state index is -1.12. The number of carbonyl (C=O) groups excluding carboxylic acids is 2. The van der Waals surface area contributed by atoms with Crippen molar-refractivity contribution >= 4 is 11.9 Å². The van der Waals surface area contributed by atoms with Crippen LogP contribution >= 0.6 is 0 Å². The molecule has 0 aromatic heterocycles. The number of rotatable bonds is 2. The average molecular weight is 334 g/mol. The highest BCUT2D eigenvalue weighted by atomic mass is 16.7. The number of hydrogen-bond donors (Lipinski definition) is 0. The Hall–Kier alpha value is -1.10. The molecule has 2 bridgehead atoms.